The number of phenolic OH excluding ortho intramolecular Hbond substituents is 1. The zero-order valence-electron chi connectivity index (χ0n) is 11.0. The summed E-state index contributed by atoms with van der Waals surface area (Å²) in [5.41, 5.74) is 1.99. The van der Waals surface area contributed by atoms with Crippen molar-refractivity contribution in [2.45, 2.75) is 19.4 Å². The Morgan fingerprint density at radius 1 is 1.44 bits per heavy atom. The van der Waals surface area contributed by atoms with Gasteiger partial charge >= 0.3 is 0 Å². The predicted octanol–water partition coefficient (Wildman–Crippen LogP) is 2.09. The molecule has 0 unspecified atom stereocenters. The minimum Gasteiger partial charge on any atom is -0.507 e. The zero-order valence-corrected chi connectivity index (χ0v) is 11.0. The fourth-order valence-electron chi connectivity index (χ4n) is 2.57. The number of nitrogens with zero attached hydrogens (tertiary/aromatic N) is 1. The molecule has 1 saturated heterocycles. The number of piperazine rings is 1. The third-order valence-corrected chi connectivity index (χ3v) is 3.62. The first kappa shape index (κ1) is 13.1. The summed E-state index contributed by atoms with van der Waals surface area (Å²) in [6.07, 6.45) is 2.78. The summed E-state index contributed by atoms with van der Waals surface area (Å²) < 4.78 is 0. The lowest BCUT2D eigenvalue weighted by Gasteiger charge is -2.34. The van der Waals surface area contributed by atoms with Gasteiger partial charge in [-0.25, -0.2) is 0 Å². The predicted molar refractivity (Wildman–Crippen MR) is 74.9 cm³/mol. The van der Waals surface area contributed by atoms with Crippen LogP contribution < -0.4 is 5.32 Å². The van der Waals surface area contributed by atoms with E-state index < -0.39 is 0 Å². The van der Waals surface area contributed by atoms with E-state index in [1.54, 1.807) is 0 Å². The van der Waals surface area contributed by atoms with Gasteiger partial charge in [-0.15, -0.1) is 6.58 Å². The number of aromatic hydroxyl groups is 1. The van der Waals surface area contributed by atoms with Crippen LogP contribution in [0.5, 0.6) is 5.75 Å². The monoisotopic (exact) mass is 246 g/mol. The molecule has 0 spiro atoms. The molecule has 1 aliphatic heterocycles. The second-order valence-corrected chi connectivity index (χ2v) is 4.68. The molecule has 0 aromatic heterocycles. The third-order valence-electron chi connectivity index (χ3n) is 3.62. The number of rotatable bonds is 4. The van der Waals surface area contributed by atoms with Gasteiger partial charge in [-0.1, -0.05) is 31.2 Å². The molecule has 1 aromatic carbocycles. The van der Waals surface area contributed by atoms with E-state index in [1.165, 1.54) is 0 Å². The molecule has 0 radical (unpaired) electrons. The van der Waals surface area contributed by atoms with Crippen LogP contribution in [0.2, 0.25) is 0 Å². The maximum atomic E-state index is 10.3. The van der Waals surface area contributed by atoms with Gasteiger partial charge < -0.3 is 10.4 Å². The SMILES string of the molecule is C=C[C@@H](c1cccc(CC)c1O)N1CCNCC1. The highest BCUT2D eigenvalue weighted by atomic mass is 16.3. The van der Waals surface area contributed by atoms with Gasteiger partial charge in [-0.05, 0) is 12.0 Å². The molecule has 1 aliphatic rings. The molecule has 18 heavy (non-hydrogen) atoms. The largest absolute Gasteiger partial charge is 0.507 e. The lowest BCUT2D eigenvalue weighted by atomic mass is 9.99. The van der Waals surface area contributed by atoms with Crippen molar-refractivity contribution in [1.82, 2.24) is 10.2 Å². The quantitative estimate of drug-likeness (QED) is 0.799. The van der Waals surface area contributed by atoms with Crippen LogP contribution in [0.15, 0.2) is 30.9 Å². The molecule has 3 heteroatoms. The number of hydrogen-bond acceptors (Lipinski definition) is 3. The van der Waals surface area contributed by atoms with Gasteiger partial charge in [0, 0.05) is 31.7 Å². The van der Waals surface area contributed by atoms with Crippen LogP contribution in [-0.4, -0.2) is 36.2 Å². The van der Waals surface area contributed by atoms with Gasteiger partial charge in [0.25, 0.3) is 0 Å². The summed E-state index contributed by atoms with van der Waals surface area (Å²) in [7, 11) is 0. The Morgan fingerprint density at radius 2 is 2.17 bits per heavy atom. The van der Waals surface area contributed by atoms with Crippen LogP contribution in [0.4, 0.5) is 0 Å². The highest BCUT2D eigenvalue weighted by Gasteiger charge is 2.22. The van der Waals surface area contributed by atoms with Crippen LogP contribution >= 0.6 is 0 Å². The maximum Gasteiger partial charge on any atom is 0.123 e. The zero-order chi connectivity index (χ0) is 13.0. The maximum absolute atomic E-state index is 10.3. The van der Waals surface area contributed by atoms with Crippen molar-refractivity contribution < 1.29 is 5.11 Å². The average Bonchev–Trinajstić information content (AvgIpc) is 2.43. The molecule has 98 valence electrons. The average molecular weight is 246 g/mol. The number of phenols is 1. The molecular weight excluding hydrogens is 224 g/mol. The van der Waals surface area contributed by atoms with Crippen molar-refractivity contribution >= 4 is 0 Å². The second-order valence-electron chi connectivity index (χ2n) is 4.68. The molecule has 0 saturated carbocycles. The molecule has 2 rings (SSSR count). The first-order valence-electron chi connectivity index (χ1n) is 6.66. The Kier molecular flexibility index (Phi) is 4.39. The minimum absolute atomic E-state index is 0.110. The third kappa shape index (κ3) is 2.57. The van der Waals surface area contributed by atoms with Gasteiger partial charge in [0.05, 0.1) is 6.04 Å². The van der Waals surface area contributed by atoms with E-state index in [0.717, 1.165) is 43.7 Å². The van der Waals surface area contributed by atoms with Crippen molar-refractivity contribution in [3.8, 4) is 5.75 Å². The molecule has 0 bridgehead atoms. The molecule has 1 fully saturated rings. The van der Waals surface area contributed by atoms with Crippen LogP contribution in [0.25, 0.3) is 0 Å². The van der Waals surface area contributed by atoms with Gasteiger partial charge in [-0.3, -0.25) is 4.90 Å². The van der Waals surface area contributed by atoms with E-state index in [1.807, 2.05) is 24.3 Å². The highest BCUT2D eigenvalue weighted by Crippen LogP contribution is 2.32. The first-order valence-corrected chi connectivity index (χ1v) is 6.66. The van der Waals surface area contributed by atoms with Gasteiger partial charge in [-0.2, -0.15) is 0 Å². The van der Waals surface area contributed by atoms with Gasteiger partial charge in [0.15, 0.2) is 0 Å². The summed E-state index contributed by atoms with van der Waals surface area (Å²) in [6.45, 7) is 9.98. The fraction of sp³-hybridized carbons (Fsp3) is 0.467. The topological polar surface area (TPSA) is 35.5 Å². The minimum atomic E-state index is 0.110. The van der Waals surface area contributed by atoms with E-state index in [9.17, 15) is 5.11 Å². The summed E-state index contributed by atoms with van der Waals surface area (Å²) in [4.78, 5) is 2.36. The molecule has 0 aliphatic carbocycles. The lowest BCUT2D eigenvalue weighted by Crippen LogP contribution is -2.44. The number of aryl methyl sites for hydroxylation is 1. The van der Waals surface area contributed by atoms with Crippen molar-refractivity contribution in [3.05, 3.63) is 42.0 Å². The van der Waals surface area contributed by atoms with Crippen LogP contribution in [-0.2, 0) is 6.42 Å². The van der Waals surface area contributed by atoms with Gasteiger partial charge in [0.2, 0.25) is 0 Å². The normalized spacial score (nSPS) is 18.5. The summed E-state index contributed by atoms with van der Waals surface area (Å²) in [5.74, 6) is 0.434. The first-order chi connectivity index (χ1) is 8.77. The Labute approximate surface area is 109 Å². The van der Waals surface area contributed by atoms with E-state index >= 15 is 0 Å². The smallest absolute Gasteiger partial charge is 0.123 e. The number of benzene rings is 1. The van der Waals surface area contributed by atoms with E-state index in [0.29, 0.717) is 5.75 Å². The summed E-state index contributed by atoms with van der Waals surface area (Å²) in [5, 5.41) is 13.7. The highest BCUT2D eigenvalue weighted by molar-refractivity contribution is 5.43. The Hall–Kier alpha value is -1.32. The summed E-state index contributed by atoms with van der Waals surface area (Å²) in [6, 6.07) is 6.12. The molecule has 1 atom stereocenters. The van der Waals surface area contributed by atoms with Crippen LogP contribution in [0.3, 0.4) is 0 Å². The number of hydrogen-bond donors (Lipinski definition) is 2. The van der Waals surface area contributed by atoms with E-state index in [-0.39, 0.29) is 6.04 Å². The molecule has 1 heterocycles. The van der Waals surface area contributed by atoms with Gasteiger partial charge in [0.1, 0.15) is 5.75 Å². The van der Waals surface area contributed by atoms with Crippen LogP contribution in [0.1, 0.15) is 24.1 Å². The standard InChI is InChI=1S/C15H22N2O/c1-3-12-6-5-7-13(15(12)18)14(4-2)17-10-8-16-9-11-17/h4-7,14,16,18H,2-3,8-11H2,1H3/t14-/m0/s1. The lowest BCUT2D eigenvalue weighted by molar-refractivity contribution is 0.201. The van der Waals surface area contributed by atoms with E-state index in [2.05, 4.69) is 23.7 Å². The molecule has 2 N–H and O–H groups in total. The second kappa shape index (κ2) is 6.03. The molecule has 0 amide bonds. The molecular formula is C15H22N2O. The molecule has 1 aromatic rings. The Bertz CT molecular complexity index is 411. The van der Waals surface area contributed by atoms with Crippen molar-refractivity contribution in [1.29, 1.82) is 0 Å². The summed E-state index contributed by atoms with van der Waals surface area (Å²) >= 11 is 0. The Morgan fingerprint density at radius 3 is 2.78 bits per heavy atom. The van der Waals surface area contributed by atoms with Crippen molar-refractivity contribution in [2.24, 2.45) is 0 Å². The van der Waals surface area contributed by atoms with Crippen molar-refractivity contribution in [2.75, 3.05) is 26.2 Å². The van der Waals surface area contributed by atoms with Crippen LogP contribution in [0, 0.1) is 0 Å². The van der Waals surface area contributed by atoms with Crippen molar-refractivity contribution in [3.63, 3.8) is 0 Å². The number of para-hydroxylation sites is 1. The fourth-order valence-corrected chi connectivity index (χ4v) is 2.57. The Balaban J connectivity index is 2.29. The number of nitrogens with one attached hydrogen (secondary N) is 1. The van der Waals surface area contributed by atoms with E-state index in [4.69, 9.17) is 0 Å². The molecule has 3 nitrogen and oxygen atoms in total.